The van der Waals surface area contributed by atoms with Gasteiger partial charge in [-0.25, -0.2) is 0 Å². The number of hydrogen-bond donors (Lipinski definition) is 1. The third-order valence-corrected chi connectivity index (χ3v) is 3.84. The molecule has 0 aromatic heterocycles. The molecule has 2 rings (SSSR count). The number of carbonyl (C=O) groups excluding carboxylic acids is 1. The van der Waals surface area contributed by atoms with Gasteiger partial charge in [-0.05, 0) is 44.0 Å². The van der Waals surface area contributed by atoms with E-state index in [1.54, 1.807) is 0 Å². The number of aryl methyl sites for hydroxylation is 1. The molecule has 0 spiro atoms. The number of benzene rings is 1. The fraction of sp³-hybridized carbons (Fsp3) is 0.562. The van der Waals surface area contributed by atoms with Gasteiger partial charge in [0, 0.05) is 13.1 Å². The van der Waals surface area contributed by atoms with Crippen molar-refractivity contribution in [3.63, 3.8) is 0 Å². The summed E-state index contributed by atoms with van der Waals surface area (Å²) in [5.74, 6) is 1.50. The molecule has 1 aromatic carbocycles. The molecular formula is C16H24N2O2. The third kappa shape index (κ3) is 3.73. The van der Waals surface area contributed by atoms with Crippen molar-refractivity contribution in [1.29, 1.82) is 0 Å². The molecule has 1 saturated heterocycles. The zero-order valence-electron chi connectivity index (χ0n) is 12.4. The Balaban J connectivity index is 1.83. The Morgan fingerprint density at radius 2 is 2.25 bits per heavy atom. The Morgan fingerprint density at radius 1 is 1.45 bits per heavy atom. The number of likely N-dealkylation sites (tertiary alicyclic amines) is 1. The molecule has 0 aliphatic carbocycles. The van der Waals surface area contributed by atoms with Gasteiger partial charge >= 0.3 is 0 Å². The minimum absolute atomic E-state index is 0.0921. The van der Waals surface area contributed by atoms with E-state index in [9.17, 15) is 4.79 Å². The third-order valence-electron chi connectivity index (χ3n) is 3.84. The minimum Gasteiger partial charge on any atom is -0.483 e. The van der Waals surface area contributed by atoms with Crippen LogP contribution in [0.4, 0.5) is 0 Å². The van der Waals surface area contributed by atoms with Gasteiger partial charge in [-0.2, -0.15) is 0 Å². The van der Waals surface area contributed by atoms with Crippen LogP contribution in [0.2, 0.25) is 0 Å². The van der Waals surface area contributed by atoms with Gasteiger partial charge in [0.25, 0.3) is 5.91 Å². The van der Waals surface area contributed by atoms with Gasteiger partial charge in [-0.3, -0.25) is 4.79 Å². The number of nitrogens with one attached hydrogen (secondary N) is 1. The summed E-state index contributed by atoms with van der Waals surface area (Å²) in [6.07, 6.45) is 2.00. The van der Waals surface area contributed by atoms with Crippen LogP contribution >= 0.6 is 0 Å². The summed E-state index contributed by atoms with van der Waals surface area (Å²) in [6.45, 7) is 4.90. The standard InChI is InChI=1S/C16H24N2O2/c1-3-14-6-4-5-7-15(14)20-12-16(19)18-9-8-13(11-18)10-17-2/h4-7,13,17H,3,8-12H2,1-2H3/t13-/m1/s1. The highest BCUT2D eigenvalue weighted by molar-refractivity contribution is 5.78. The van der Waals surface area contributed by atoms with Crippen LogP contribution in [-0.4, -0.2) is 44.1 Å². The maximum Gasteiger partial charge on any atom is 0.260 e. The second-order valence-electron chi connectivity index (χ2n) is 5.30. The van der Waals surface area contributed by atoms with Crippen molar-refractivity contribution in [2.24, 2.45) is 5.92 Å². The number of ether oxygens (including phenoxy) is 1. The zero-order valence-corrected chi connectivity index (χ0v) is 12.4. The van der Waals surface area contributed by atoms with E-state index in [0.717, 1.165) is 43.8 Å². The molecule has 1 heterocycles. The normalized spacial score (nSPS) is 18.3. The summed E-state index contributed by atoms with van der Waals surface area (Å²) in [5, 5.41) is 3.17. The van der Waals surface area contributed by atoms with E-state index in [0.29, 0.717) is 5.92 Å². The lowest BCUT2D eigenvalue weighted by atomic mass is 10.1. The number of carbonyl (C=O) groups is 1. The first-order valence-electron chi connectivity index (χ1n) is 7.37. The Morgan fingerprint density at radius 3 is 3.00 bits per heavy atom. The van der Waals surface area contributed by atoms with Crippen LogP contribution in [0.15, 0.2) is 24.3 Å². The maximum absolute atomic E-state index is 12.1. The average molecular weight is 276 g/mol. The van der Waals surface area contributed by atoms with Crippen molar-refractivity contribution in [1.82, 2.24) is 10.2 Å². The van der Waals surface area contributed by atoms with Crippen molar-refractivity contribution in [3.8, 4) is 5.75 Å². The molecule has 0 radical (unpaired) electrons. The highest BCUT2D eigenvalue weighted by Gasteiger charge is 2.25. The quantitative estimate of drug-likeness (QED) is 0.860. The molecule has 1 atom stereocenters. The molecular weight excluding hydrogens is 252 g/mol. The fourth-order valence-electron chi connectivity index (χ4n) is 2.68. The topological polar surface area (TPSA) is 41.6 Å². The lowest BCUT2D eigenvalue weighted by Gasteiger charge is -2.17. The number of hydrogen-bond acceptors (Lipinski definition) is 3. The van der Waals surface area contributed by atoms with E-state index in [-0.39, 0.29) is 12.5 Å². The number of rotatable bonds is 6. The summed E-state index contributed by atoms with van der Waals surface area (Å²) in [6, 6.07) is 7.91. The van der Waals surface area contributed by atoms with Crippen LogP contribution in [0.3, 0.4) is 0 Å². The summed E-state index contributed by atoms with van der Waals surface area (Å²) >= 11 is 0. The summed E-state index contributed by atoms with van der Waals surface area (Å²) in [4.78, 5) is 14.1. The lowest BCUT2D eigenvalue weighted by Crippen LogP contribution is -2.34. The van der Waals surface area contributed by atoms with Crippen LogP contribution in [0.5, 0.6) is 5.75 Å². The van der Waals surface area contributed by atoms with Crippen LogP contribution in [-0.2, 0) is 11.2 Å². The minimum atomic E-state index is 0.0921. The van der Waals surface area contributed by atoms with E-state index in [4.69, 9.17) is 4.74 Å². The van der Waals surface area contributed by atoms with E-state index in [2.05, 4.69) is 12.2 Å². The molecule has 0 bridgehead atoms. The second-order valence-corrected chi connectivity index (χ2v) is 5.30. The van der Waals surface area contributed by atoms with Crippen molar-refractivity contribution in [3.05, 3.63) is 29.8 Å². The predicted molar refractivity (Wildman–Crippen MR) is 79.9 cm³/mol. The van der Waals surface area contributed by atoms with Crippen molar-refractivity contribution >= 4 is 5.91 Å². The van der Waals surface area contributed by atoms with Crippen LogP contribution < -0.4 is 10.1 Å². The summed E-state index contributed by atoms with van der Waals surface area (Å²) in [5.41, 5.74) is 1.15. The summed E-state index contributed by atoms with van der Waals surface area (Å²) in [7, 11) is 1.95. The fourth-order valence-corrected chi connectivity index (χ4v) is 2.68. The first-order chi connectivity index (χ1) is 9.74. The molecule has 0 saturated carbocycles. The van der Waals surface area contributed by atoms with Crippen LogP contribution in [0.25, 0.3) is 0 Å². The van der Waals surface area contributed by atoms with E-state index < -0.39 is 0 Å². The largest absolute Gasteiger partial charge is 0.483 e. The van der Waals surface area contributed by atoms with E-state index in [1.165, 1.54) is 0 Å². The van der Waals surface area contributed by atoms with Gasteiger partial charge in [-0.1, -0.05) is 25.1 Å². The van der Waals surface area contributed by atoms with Gasteiger partial charge in [-0.15, -0.1) is 0 Å². The highest BCUT2D eigenvalue weighted by Crippen LogP contribution is 2.19. The highest BCUT2D eigenvalue weighted by atomic mass is 16.5. The number of amides is 1. The Kier molecular flexibility index (Phi) is 5.41. The molecule has 1 aliphatic heterocycles. The molecule has 110 valence electrons. The van der Waals surface area contributed by atoms with Gasteiger partial charge in [0.15, 0.2) is 6.61 Å². The molecule has 4 heteroatoms. The molecule has 1 aromatic rings. The zero-order chi connectivity index (χ0) is 14.4. The van der Waals surface area contributed by atoms with Crippen LogP contribution in [0, 0.1) is 5.92 Å². The average Bonchev–Trinajstić information content (AvgIpc) is 2.94. The van der Waals surface area contributed by atoms with Gasteiger partial charge in [0.1, 0.15) is 5.75 Å². The summed E-state index contributed by atoms with van der Waals surface area (Å²) < 4.78 is 5.69. The van der Waals surface area contributed by atoms with Gasteiger partial charge in [0.05, 0.1) is 0 Å². The molecule has 1 amide bonds. The van der Waals surface area contributed by atoms with Crippen LogP contribution in [0.1, 0.15) is 18.9 Å². The SMILES string of the molecule is CCc1ccccc1OCC(=O)N1CC[C@H](CNC)C1. The Hall–Kier alpha value is -1.55. The first kappa shape index (κ1) is 14.9. The van der Waals surface area contributed by atoms with Crippen molar-refractivity contribution < 1.29 is 9.53 Å². The van der Waals surface area contributed by atoms with E-state index in [1.807, 2.05) is 36.2 Å². The number of para-hydroxylation sites is 1. The number of nitrogens with zero attached hydrogens (tertiary/aromatic N) is 1. The second kappa shape index (κ2) is 7.29. The smallest absolute Gasteiger partial charge is 0.260 e. The Labute approximate surface area is 121 Å². The molecule has 0 unspecified atom stereocenters. The maximum atomic E-state index is 12.1. The lowest BCUT2D eigenvalue weighted by molar-refractivity contribution is -0.132. The molecule has 4 nitrogen and oxygen atoms in total. The molecule has 1 N–H and O–H groups in total. The van der Waals surface area contributed by atoms with Gasteiger partial charge in [0.2, 0.25) is 0 Å². The first-order valence-corrected chi connectivity index (χ1v) is 7.37. The molecule has 1 aliphatic rings. The van der Waals surface area contributed by atoms with Gasteiger partial charge < -0.3 is 15.0 Å². The predicted octanol–water partition coefficient (Wildman–Crippen LogP) is 1.70. The Bertz CT molecular complexity index is 448. The molecule has 20 heavy (non-hydrogen) atoms. The monoisotopic (exact) mass is 276 g/mol. The van der Waals surface area contributed by atoms with Crippen molar-refractivity contribution in [2.75, 3.05) is 33.3 Å². The van der Waals surface area contributed by atoms with E-state index >= 15 is 0 Å². The molecule has 1 fully saturated rings. The van der Waals surface area contributed by atoms with Crippen molar-refractivity contribution in [2.45, 2.75) is 19.8 Å².